The van der Waals surface area contributed by atoms with Crippen LogP contribution in [-0.4, -0.2) is 5.91 Å². The second kappa shape index (κ2) is 5.28. The number of amides is 1. The molecule has 0 fully saturated rings. The van der Waals surface area contributed by atoms with E-state index in [4.69, 9.17) is 15.9 Å². The van der Waals surface area contributed by atoms with Gasteiger partial charge in [0.25, 0.3) is 0 Å². The van der Waals surface area contributed by atoms with Crippen molar-refractivity contribution in [1.82, 2.24) is 0 Å². The number of benzene rings is 1. The third-order valence-corrected chi connectivity index (χ3v) is 3.26. The number of nitrogens with one attached hydrogen (secondary N) is 1. The van der Waals surface area contributed by atoms with Gasteiger partial charge in [-0.15, -0.1) is 0 Å². The zero-order valence-electron chi connectivity index (χ0n) is 11.9. The van der Waals surface area contributed by atoms with Gasteiger partial charge in [0, 0.05) is 11.1 Å². The molecule has 0 radical (unpaired) electrons. The molecule has 0 saturated heterocycles. The van der Waals surface area contributed by atoms with Gasteiger partial charge in [0.2, 0.25) is 5.91 Å². The van der Waals surface area contributed by atoms with Crippen LogP contribution in [0.15, 0.2) is 28.7 Å². The summed E-state index contributed by atoms with van der Waals surface area (Å²) in [6, 6.07) is 6.94. The Morgan fingerprint density at radius 2 is 2.00 bits per heavy atom. The van der Waals surface area contributed by atoms with Crippen LogP contribution in [-0.2, 0) is 0 Å². The second-order valence-electron chi connectivity index (χ2n) is 4.90. The van der Waals surface area contributed by atoms with E-state index in [1.54, 1.807) is 18.2 Å². The Morgan fingerprint density at radius 3 is 2.55 bits per heavy atom. The molecule has 5 nitrogen and oxygen atoms in total. The number of primary amides is 1. The van der Waals surface area contributed by atoms with Crippen LogP contribution in [0.25, 0.3) is 0 Å². The first-order valence-corrected chi connectivity index (χ1v) is 6.41. The minimum absolute atomic E-state index is 0.0119. The molecule has 2 aromatic rings. The smallest absolute Gasteiger partial charge is 0.248 e. The first-order valence-electron chi connectivity index (χ1n) is 6.41. The summed E-state index contributed by atoms with van der Waals surface area (Å²) in [6.07, 6.45) is 0. The molecule has 5 N–H and O–H groups in total. The van der Waals surface area contributed by atoms with E-state index >= 15 is 0 Å². The van der Waals surface area contributed by atoms with Crippen LogP contribution in [0.3, 0.4) is 0 Å². The van der Waals surface area contributed by atoms with Crippen LogP contribution < -0.4 is 16.8 Å². The highest BCUT2D eigenvalue weighted by Gasteiger charge is 2.14. The highest BCUT2D eigenvalue weighted by molar-refractivity contribution is 5.94. The molecule has 0 saturated carbocycles. The standard InChI is InChI=1S/C15H19N3O2/c1-8-6-12(10(3)20-8)9(2)18-14-7-11(15(17)19)4-5-13(14)16/h4-7,9,18H,16H2,1-3H3,(H2,17,19). The molecule has 5 heteroatoms. The molecule has 20 heavy (non-hydrogen) atoms. The molecule has 0 aliphatic rings. The van der Waals surface area contributed by atoms with Gasteiger partial charge in [-0.3, -0.25) is 4.79 Å². The summed E-state index contributed by atoms with van der Waals surface area (Å²) in [5.41, 5.74) is 13.9. The predicted octanol–water partition coefficient (Wildman–Crippen LogP) is 2.75. The summed E-state index contributed by atoms with van der Waals surface area (Å²) >= 11 is 0. The zero-order chi connectivity index (χ0) is 14.9. The van der Waals surface area contributed by atoms with Gasteiger partial charge in [-0.25, -0.2) is 0 Å². The minimum atomic E-state index is -0.476. The monoisotopic (exact) mass is 273 g/mol. The lowest BCUT2D eigenvalue weighted by Crippen LogP contribution is -2.13. The van der Waals surface area contributed by atoms with Crippen LogP contribution in [0.1, 0.15) is 40.4 Å². The molecule has 0 bridgehead atoms. The fourth-order valence-corrected chi connectivity index (χ4v) is 2.23. The largest absolute Gasteiger partial charge is 0.466 e. The summed E-state index contributed by atoms with van der Waals surface area (Å²) in [7, 11) is 0. The Kier molecular flexibility index (Phi) is 3.70. The van der Waals surface area contributed by atoms with E-state index in [0.29, 0.717) is 16.9 Å². The zero-order valence-corrected chi connectivity index (χ0v) is 11.9. The molecule has 0 spiro atoms. The van der Waals surface area contributed by atoms with Crippen molar-refractivity contribution in [3.63, 3.8) is 0 Å². The Hall–Kier alpha value is -2.43. The second-order valence-corrected chi connectivity index (χ2v) is 4.90. The molecule has 1 atom stereocenters. The number of furan rings is 1. The first kappa shape index (κ1) is 14.0. The van der Waals surface area contributed by atoms with Crippen molar-refractivity contribution in [3.05, 3.63) is 46.9 Å². The van der Waals surface area contributed by atoms with Gasteiger partial charge in [0.15, 0.2) is 0 Å². The molecule has 0 aliphatic carbocycles. The fourth-order valence-electron chi connectivity index (χ4n) is 2.23. The van der Waals surface area contributed by atoms with Crippen LogP contribution in [0, 0.1) is 13.8 Å². The van der Waals surface area contributed by atoms with Gasteiger partial charge in [0.05, 0.1) is 17.4 Å². The van der Waals surface area contributed by atoms with E-state index in [2.05, 4.69) is 5.32 Å². The number of hydrogen-bond donors (Lipinski definition) is 3. The van der Waals surface area contributed by atoms with Crippen molar-refractivity contribution < 1.29 is 9.21 Å². The van der Waals surface area contributed by atoms with Crippen LogP contribution in [0.2, 0.25) is 0 Å². The number of hydrogen-bond acceptors (Lipinski definition) is 4. The van der Waals surface area contributed by atoms with Crippen molar-refractivity contribution in [1.29, 1.82) is 0 Å². The van der Waals surface area contributed by atoms with E-state index in [-0.39, 0.29) is 6.04 Å². The topological polar surface area (TPSA) is 94.3 Å². The van der Waals surface area contributed by atoms with Crippen molar-refractivity contribution in [2.24, 2.45) is 5.73 Å². The van der Waals surface area contributed by atoms with E-state index in [1.165, 1.54) is 0 Å². The molecule has 1 aromatic carbocycles. The Labute approximate surface area is 117 Å². The SMILES string of the molecule is Cc1cc(C(C)Nc2cc(C(N)=O)ccc2N)c(C)o1. The highest BCUT2D eigenvalue weighted by atomic mass is 16.3. The molecule has 106 valence electrons. The van der Waals surface area contributed by atoms with Gasteiger partial charge in [0.1, 0.15) is 11.5 Å². The van der Waals surface area contributed by atoms with Crippen molar-refractivity contribution in [2.45, 2.75) is 26.8 Å². The molecular formula is C15H19N3O2. The van der Waals surface area contributed by atoms with Crippen LogP contribution >= 0.6 is 0 Å². The van der Waals surface area contributed by atoms with Crippen molar-refractivity contribution >= 4 is 17.3 Å². The third kappa shape index (κ3) is 2.77. The molecular weight excluding hydrogens is 254 g/mol. The lowest BCUT2D eigenvalue weighted by atomic mass is 10.1. The fraction of sp³-hybridized carbons (Fsp3) is 0.267. The first-order chi connectivity index (χ1) is 9.38. The average molecular weight is 273 g/mol. The van der Waals surface area contributed by atoms with E-state index < -0.39 is 5.91 Å². The summed E-state index contributed by atoms with van der Waals surface area (Å²) < 4.78 is 5.52. The molecule has 1 amide bonds. The number of carbonyl (C=O) groups excluding carboxylic acids is 1. The Balaban J connectivity index is 2.27. The van der Waals surface area contributed by atoms with Crippen LogP contribution in [0.4, 0.5) is 11.4 Å². The van der Waals surface area contributed by atoms with Crippen molar-refractivity contribution in [3.8, 4) is 0 Å². The molecule has 2 rings (SSSR count). The highest BCUT2D eigenvalue weighted by Crippen LogP contribution is 2.28. The third-order valence-electron chi connectivity index (χ3n) is 3.26. The maximum atomic E-state index is 11.2. The lowest BCUT2D eigenvalue weighted by Gasteiger charge is -2.17. The Bertz CT molecular complexity index is 647. The summed E-state index contributed by atoms with van der Waals surface area (Å²) in [4.78, 5) is 11.2. The summed E-state index contributed by atoms with van der Waals surface area (Å²) in [5, 5.41) is 3.28. The summed E-state index contributed by atoms with van der Waals surface area (Å²) in [5.74, 6) is 1.26. The van der Waals surface area contributed by atoms with Gasteiger partial charge in [-0.1, -0.05) is 0 Å². The maximum Gasteiger partial charge on any atom is 0.248 e. The maximum absolute atomic E-state index is 11.2. The van der Waals surface area contributed by atoms with Crippen LogP contribution in [0.5, 0.6) is 0 Å². The van der Waals surface area contributed by atoms with E-state index in [1.807, 2.05) is 26.8 Å². The van der Waals surface area contributed by atoms with Gasteiger partial charge >= 0.3 is 0 Å². The summed E-state index contributed by atoms with van der Waals surface area (Å²) in [6.45, 7) is 5.84. The predicted molar refractivity (Wildman–Crippen MR) is 79.6 cm³/mol. The number of nitrogen functional groups attached to an aromatic ring is 1. The van der Waals surface area contributed by atoms with Crippen molar-refractivity contribution in [2.75, 3.05) is 11.1 Å². The number of nitrogens with two attached hydrogens (primary N) is 2. The molecule has 1 aromatic heterocycles. The Morgan fingerprint density at radius 1 is 1.30 bits per heavy atom. The quantitative estimate of drug-likeness (QED) is 0.746. The van der Waals surface area contributed by atoms with E-state index in [9.17, 15) is 4.79 Å². The van der Waals surface area contributed by atoms with E-state index in [0.717, 1.165) is 17.1 Å². The van der Waals surface area contributed by atoms with Gasteiger partial charge in [-0.2, -0.15) is 0 Å². The van der Waals surface area contributed by atoms with Gasteiger partial charge < -0.3 is 21.2 Å². The minimum Gasteiger partial charge on any atom is -0.466 e. The lowest BCUT2D eigenvalue weighted by molar-refractivity contribution is 0.100. The average Bonchev–Trinajstić information content (AvgIpc) is 2.71. The molecule has 1 unspecified atom stereocenters. The number of rotatable bonds is 4. The number of aryl methyl sites for hydroxylation is 2. The normalized spacial score (nSPS) is 12.2. The number of carbonyl (C=O) groups is 1. The van der Waals surface area contributed by atoms with Gasteiger partial charge in [-0.05, 0) is 45.0 Å². The molecule has 0 aliphatic heterocycles. The number of anilines is 2. The molecule has 1 heterocycles.